The number of esters is 1. The fourth-order valence-electron chi connectivity index (χ4n) is 2.73. The van der Waals surface area contributed by atoms with Crippen LogP contribution in [0.25, 0.3) is 10.9 Å². The summed E-state index contributed by atoms with van der Waals surface area (Å²) in [6.07, 6.45) is 1.31. The number of aromatic nitrogens is 1. The molecule has 8 nitrogen and oxygen atoms in total. The number of H-pyrrole nitrogens is 1. The van der Waals surface area contributed by atoms with Gasteiger partial charge in [0.2, 0.25) is 5.91 Å². The number of rotatable bonds is 6. The summed E-state index contributed by atoms with van der Waals surface area (Å²) in [5.41, 5.74) is 1.08. The third kappa shape index (κ3) is 5.73. The van der Waals surface area contributed by atoms with Crippen LogP contribution in [0.4, 0.5) is 4.79 Å². The first kappa shape index (κ1) is 21.3. The Morgan fingerprint density at radius 3 is 2.46 bits per heavy atom. The molecule has 0 aliphatic heterocycles. The van der Waals surface area contributed by atoms with Crippen molar-refractivity contribution in [2.24, 2.45) is 0 Å². The Balaban J connectivity index is 2.21. The Labute approximate surface area is 164 Å². The van der Waals surface area contributed by atoms with Crippen LogP contribution < -0.4 is 10.6 Å². The van der Waals surface area contributed by atoms with Crippen molar-refractivity contribution in [3.63, 3.8) is 0 Å². The molecule has 28 heavy (non-hydrogen) atoms. The minimum atomic E-state index is -0.929. The summed E-state index contributed by atoms with van der Waals surface area (Å²) < 4.78 is 9.90. The summed E-state index contributed by atoms with van der Waals surface area (Å²) in [5, 5.41) is 6.12. The zero-order valence-corrected chi connectivity index (χ0v) is 16.8. The van der Waals surface area contributed by atoms with Crippen LogP contribution in [0.5, 0.6) is 0 Å². The number of nitrogens with one attached hydrogen (secondary N) is 3. The average Bonchev–Trinajstić information content (AvgIpc) is 3.01. The quantitative estimate of drug-likeness (QED) is 0.657. The van der Waals surface area contributed by atoms with Gasteiger partial charge in [0.25, 0.3) is 0 Å². The smallest absolute Gasteiger partial charge is 0.408 e. The lowest BCUT2D eigenvalue weighted by atomic mass is 10.0. The SMILES string of the molecule is COC(=O)[C@@H](C)NC(=O)[C@@H](Cc1c[nH]c2ccccc12)NC(=O)OC(C)(C)C. The molecule has 2 amide bonds. The molecule has 1 aromatic carbocycles. The minimum absolute atomic E-state index is 0.225. The molecule has 0 spiro atoms. The molecule has 2 atom stereocenters. The molecule has 0 saturated carbocycles. The molecule has 152 valence electrons. The van der Waals surface area contributed by atoms with E-state index in [4.69, 9.17) is 4.74 Å². The molecule has 0 unspecified atom stereocenters. The number of fused-ring (bicyclic) bond motifs is 1. The predicted octanol–water partition coefficient (Wildman–Crippen LogP) is 2.28. The number of methoxy groups -OCH3 is 1. The number of ether oxygens (including phenoxy) is 2. The van der Waals surface area contributed by atoms with Crippen LogP contribution in [0.1, 0.15) is 33.3 Å². The maximum Gasteiger partial charge on any atom is 0.408 e. The lowest BCUT2D eigenvalue weighted by Gasteiger charge is -2.24. The van der Waals surface area contributed by atoms with E-state index >= 15 is 0 Å². The lowest BCUT2D eigenvalue weighted by molar-refractivity contribution is -0.144. The largest absolute Gasteiger partial charge is 0.467 e. The van der Waals surface area contributed by atoms with Crippen LogP contribution in [0.3, 0.4) is 0 Å². The van der Waals surface area contributed by atoms with Gasteiger partial charge < -0.3 is 25.1 Å². The van der Waals surface area contributed by atoms with Crippen LogP contribution >= 0.6 is 0 Å². The molecule has 0 saturated heterocycles. The molecule has 2 rings (SSSR count). The van der Waals surface area contributed by atoms with Crippen LogP contribution in [0.2, 0.25) is 0 Å². The van der Waals surface area contributed by atoms with Gasteiger partial charge in [-0.15, -0.1) is 0 Å². The number of para-hydroxylation sites is 1. The molecule has 0 aliphatic carbocycles. The molecular weight excluding hydrogens is 362 g/mol. The van der Waals surface area contributed by atoms with E-state index in [-0.39, 0.29) is 6.42 Å². The van der Waals surface area contributed by atoms with Crippen molar-refractivity contribution >= 4 is 28.9 Å². The molecule has 3 N–H and O–H groups in total. The van der Waals surface area contributed by atoms with Crippen molar-refractivity contribution in [1.82, 2.24) is 15.6 Å². The third-order valence-corrected chi connectivity index (χ3v) is 4.02. The van der Waals surface area contributed by atoms with Crippen molar-refractivity contribution in [2.75, 3.05) is 7.11 Å². The number of alkyl carbamates (subject to hydrolysis) is 1. The van der Waals surface area contributed by atoms with Gasteiger partial charge in [0.15, 0.2) is 0 Å². The van der Waals surface area contributed by atoms with Gasteiger partial charge in [0, 0.05) is 23.5 Å². The Morgan fingerprint density at radius 2 is 1.82 bits per heavy atom. The molecule has 0 bridgehead atoms. The highest BCUT2D eigenvalue weighted by Crippen LogP contribution is 2.19. The highest BCUT2D eigenvalue weighted by atomic mass is 16.6. The minimum Gasteiger partial charge on any atom is -0.467 e. The van der Waals surface area contributed by atoms with Crippen molar-refractivity contribution in [3.8, 4) is 0 Å². The normalized spacial score (nSPS) is 13.5. The average molecular weight is 389 g/mol. The van der Waals surface area contributed by atoms with E-state index in [2.05, 4.69) is 20.4 Å². The molecule has 1 aromatic heterocycles. The highest BCUT2D eigenvalue weighted by molar-refractivity contribution is 5.91. The van der Waals surface area contributed by atoms with E-state index in [1.54, 1.807) is 27.0 Å². The summed E-state index contributed by atoms with van der Waals surface area (Å²) >= 11 is 0. The topological polar surface area (TPSA) is 110 Å². The zero-order chi connectivity index (χ0) is 20.9. The van der Waals surface area contributed by atoms with Crippen LogP contribution in [-0.2, 0) is 25.5 Å². The van der Waals surface area contributed by atoms with Crippen LogP contribution in [0.15, 0.2) is 30.5 Å². The molecular formula is C20H27N3O5. The van der Waals surface area contributed by atoms with Gasteiger partial charge in [0.1, 0.15) is 17.7 Å². The van der Waals surface area contributed by atoms with E-state index < -0.39 is 35.7 Å². The maximum atomic E-state index is 12.7. The molecule has 8 heteroatoms. The number of carbonyl (C=O) groups excluding carboxylic acids is 3. The summed E-state index contributed by atoms with van der Waals surface area (Å²) in [4.78, 5) is 39.7. The lowest BCUT2D eigenvalue weighted by Crippen LogP contribution is -2.52. The van der Waals surface area contributed by atoms with Crippen LogP contribution in [0, 0.1) is 0 Å². The third-order valence-electron chi connectivity index (χ3n) is 4.02. The fraction of sp³-hybridized carbons (Fsp3) is 0.450. The van der Waals surface area contributed by atoms with Gasteiger partial charge >= 0.3 is 12.1 Å². The molecule has 0 radical (unpaired) electrons. The van der Waals surface area contributed by atoms with E-state index in [0.29, 0.717) is 0 Å². The van der Waals surface area contributed by atoms with Gasteiger partial charge in [-0.05, 0) is 39.3 Å². The Morgan fingerprint density at radius 1 is 1.14 bits per heavy atom. The summed E-state index contributed by atoms with van der Waals surface area (Å²) in [6, 6.07) is 5.89. The van der Waals surface area contributed by atoms with E-state index in [0.717, 1.165) is 16.5 Å². The summed E-state index contributed by atoms with van der Waals surface area (Å²) in [7, 11) is 1.24. The predicted molar refractivity (Wildman–Crippen MR) is 105 cm³/mol. The Bertz CT molecular complexity index is 853. The number of hydrogen-bond acceptors (Lipinski definition) is 5. The van der Waals surface area contributed by atoms with Crippen molar-refractivity contribution < 1.29 is 23.9 Å². The highest BCUT2D eigenvalue weighted by Gasteiger charge is 2.28. The number of aromatic amines is 1. The number of carbonyl (C=O) groups is 3. The first-order chi connectivity index (χ1) is 13.1. The van der Waals surface area contributed by atoms with Crippen molar-refractivity contribution in [3.05, 3.63) is 36.0 Å². The van der Waals surface area contributed by atoms with Crippen molar-refractivity contribution in [2.45, 2.75) is 51.8 Å². The number of hydrogen-bond donors (Lipinski definition) is 3. The molecule has 2 aromatic rings. The van der Waals surface area contributed by atoms with Gasteiger partial charge in [-0.1, -0.05) is 18.2 Å². The van der Waals surface area contributed by atoms with Crippen LogP contribution in [-0.4, -0.2) is 47.7 Å². The molecule has 0 fully saturated rings. The number of benzene rings is 1. The first-order valence-electron chi connectivity index (χ1n) is 9.03. The first-order valence-corrected chi connectivity index (χ1v) is 9.03. The standard InChI is InChI=1S/C20H27N3O5/c1-12(18(25)27-5)22-17(24)16(23-19(26)28-20(2,3)4)10-13-11-21-15-9-7-6-8-14(13)15/h6-9,11-12,16,21H,10H2,1-5H3,(H,22,24)(H,23,26)/t12-,16-/m1/s1. The number of amides is 2. The van der Waals surface area contributed by atoms with E-state index in [1.807, 2.05) is 24.3 Å². The maximum absolute atomic E-state index is 12.7. The van der Waals surface area contributed by atoms with Gasteiger partial charge in [0.05, 0.1) is 7.11 Å². The van der Waals surface area contributed by atoms with Crippen molar-refractivity contribution in [1.29, 1.82) is 0 Å². The second-order valence-electron chi connectivity index (χ2n) is 7.52. The summed E-state index contributed by atoms with van der Waals surface area (Å²) in [5.74, 6) is -1.08. The fourth-order valence-corrected chi connectivity index (χ4v) is 2.73. The Kier molecular flexibility index (Phi) is 6.66. The van der Waals surface area contributed by atoms with Gasteiger partial charge in [-0.3, -0.25) is 4.79 Å². The second kappa shape index (κ2) is 8.77. The van der Waals surface area contributed by atoms with Gasteiger partial charge in [-0.25, -0.2) is 9.59 Å². The molecule has 1 heterocycles. The second-order valence-corrected chi connectivity index (χ2v) is 7.52. The summed E-state index contributed by atoms with van der Waals surface area (Å²) in [6.45, 7) is 6.72. The Hall–Kier alpha value is -3.03. The van der Waals surface area contributed by atoms with E-state index in [9.17, 15) is 14.4 Å². The zero-order valence-electron chi connectivity index (χ0n) is 16.8. The molecule has 0 aliphatic rings. The van der Waals surface area contributed by atoms with Gasteiger partial charge in [-0.2, -0.15) is 0 Å². The van der Waals surface area contributed by atoms with E-state index in [1.165, 1.54) is 14.0 Å². The monoisotopic (exact) mass is 389 g/mol.